The molecular formula is C19H20N4O4S. The van der Waals surface area contributed by atoms with E-state index in [2.05, 4.69) is 22.7 Å². The van der Waals surface area contributed by atoms with Gasteiger partial charge >= 0.3 is 5.69 Å². The number of nitro groups is 2. The molecule has 0 aliphatic heterocycles. The summed E-state index contributed by atoms with van der Waals surface area (Å²) < 4.78 is 0. The van der Waals surface area contributed by atoms with E-state index in [-0.39, 0.29) is 22.3 Å². The first-order chi connectivity index (χ1) is 13.5. The minimum absolute atomic E-state index is 0.153. The lowest BCUT2D eigenvalue weighted by Crippen LogP contribution is -2.23. The van der Waals surface area contributed by atoms with Gasteiger partial charge in [0.25, 0.3) is 5.69 Å². The molecule has 0 spiro atoms. The molecule has 3 rings (SSSR count). The van der Waals surface area contributed by atoms with Crippen LogP contribution >= 0.6 is 11.8 Å². The van der Waals surface area contributed by atoms with Crippen molar-refractivity contribution in [1.29, 1.82) is 0 Å². The van der Waals surface area contributed by atoms with Gasteiger partial charge in [0.05, 0.1) is 21.6 Å². The van der Waals surface area contributed by atoms with Crippen LogP contribution in [0.25, 0.3) is 0 Å². The van der Waals surface area contributed by atoms with Gasteiger partial charge in [-0.25, -0.2) is 0 Å². The van der Waals surface area contributed by atoms with Gasteiger partial charge < -0.3 is 0 Å². The van der Waals surface area contributed by atoms with Crippen LogP contribution in [0.1, 0.15) is 31.2 Å². The Morgan fingerprint density at radius 3 is 2.57 bits per heavy atom. The molecule has 0 heterocycles. The normalized spacial score (nSPS) is 18.0. The summed E-state index contributed by atoms with van der Waals surface area (Å²) in [5, 5.41) is 26.8. The van der Waals surface area contributed by atoms with Gasteiger partial charge in [-0.15, -0.1) is 11.8 Å². The summed E-state index contributed by atoms with van der Waals surface area (Å²) in [6, 6.07) is 13.7. The number of benzene rings is 2. The third kappa shape index (κ3) is 5.07. The topological polar surface area (TPSA) is 111 Å². The van der Waals surface area contributed by atoms with E-state index >= 15 is 0 Å². The number of nitro benzene ring substituents is 2. The lowest BCUT2D eigenvalue weighted by molar-refractivity contribution is -0.393. The van der Waals surface area contributed by atoms with Gasteiger partial charge in [-0.1, -0.05) is 36.8 Å². The van der Waals surface area contributed by atoms with Crippen molar-refractivity contribution in [3.8, 4) is 0 Å². The van der Waals surface area contributed by atoms with Crippen LogP contribution in [-0.4, -0.2) is 20.8 Å². The average Bonchev–Trinajstić information content (AvgIpc) is 2.71. The molecular weight excluding hydrogens is 380 g/mol. The first kappa shape index (κ1) is 19.8. The number of hydrogen-bond donors (Lipinski definition) is 1. The molecule has 0 radical (unpaired) electrons. The van der Waals surface area contributed by atoms with Crippen LogP contribution in [0.3, 0.4) is 0 Å². The molecule has 0 bridgehead atoms. The van der Waals surface area contributed by atoms with E-state index in [0.717, 1.165) is 43.2 Å². The Balaban J connectivity index is 1.73. The third-order valence-electron chi connectivity index (χ3n) is 4.52. The smallest absolute Gasteiger partial charge is 0.272 e. The summed E-state index contributed by atoms with van der Waals surface area (Å²) in [5.74, 6) is 0.877. The lowest BCUT2D eigenvalue weighted by atomic mass is 9.98. The van der Waals surface area contributed by atoms with E-state index in [1.807, 2.05) is 30.0 Å². The Labute approximate surface area is 166 Å². The molecule has 0 saturated heterocycles. The van der Waals surface area contributed by atoms with Crippen LogP contribution in [0.15, 0.2) is 53.6 Å². The Kier molecular flexibility index (Phi) is 6.59. The first-order valence-corrected chi connectivity index (χ1v) is 10.0. The van der Waals surface area contributed by atoms with Crippen molar-refractivity contribution < 1.29 is 9.85 Å². The molecule has 8 nitrogen and oxygen atoms in total. The zero-order valence-corrected chi connectivity index (χ0v) is 15.9. The van der Waals surface area contributed by atoms with Crippen molar-refractivity contribution in [3.05, 3.63) is 74.3 Å². The molecule has 1 unspecified atom stereocenters. The Morgan fingerprint density at radius 1 is 1.07 bits per heavy atom. The summed E-state index contributed by atoms with van der Waals surface area (Å²) >= 11 is 1.82. The van der Waals surface area contributed by atoms with E-state index in [4.69, 9.17) is 0 Å². The number of thioether (sulfide) groups is 1. The van der Waals surface area contributed by atoms with Crippen LogP contribution in [0.2, 0.25) is 0 Å². The third-order valence-corrected chi connectivity index (χ3v) is 5.93. The minimum atomic E-state index is -0.653. The largest absolute Gasteiger partial charge is 0.301 e. The van der Waals surface area contributed by atoms with Crippen molar-refractivity contribution in [2.24, 2.45) is 5.10 Å². The van der Waals surface area contributed by atoms with Gasteiger partial charge in [0.2, 0.25) is 0 Å². The number of rotatable bonds is 7. The number of anilines is 1. The summed E-state index contributed by atoms with van der Waals surface area (Å²) in [6.07, 6.45) is 4.01. The number of hydrazone groups is 1. The molecule has 1 atom stereocenters. The molecule has 1 aliphatic rings. The van der Waals surface area contributed by atoms with Gasteiger partial charge in [0, 0.05) is 17.1 Å². The zero-order valence-electron chi connectivity index (χ0n) is 15.1. The maximum Gasteiger partial charge on any atom is 0.301 e. The highest BCUT2D eigenvalue weighted by Gasteiger charge is 2.23. The van der Waals surface area contributed by atoms with Crippen molar-refractivity contribution in [1.82, 2.24) is 0 Å². The van der Waals surface area contributed by atoms with Crippen LogP contribution in [0, 0.1) is 20.2 Å². The van der Waals surface area contributed by atoms with Gasteiger partial charge in [-0.3, -0.25) is 25.7 Å². The van der Waals surface area contributed by atoms with E-state index in [9.17, 15) is 20.2 Å². The van der Waals surface area contributed by atoms with Crippen LogP contribution in [0.5, 0.6) is 0 Å². The van der Waals surface area contributed by atoms with Crippen molar-refractivity contribution in [2.45, 2.75) is 36.7 Å². The summed E-state index contributed by atoms with van der Waals surface area (Å²) in [7, 11) is 0. The predicted molar refractivity (Wildman–Crippen MR) is 111 cm³/mol. The van der Waals surface area contributed by atoms with E-state index in [1.54, 1.807) is 0 Å². The Morgan fingerprint density at radius 2 is 1.86 bits per heavy atom. The molecule has 1 fully saturated rings. The monoisotopic (exact) mass is 400 g/mol. The number of hydrogen-bond acceptors (Lipinski definition) is 7. The molecule has 1 saturated carbocycles. The second kappa shape index (κ2) is 9.32. The van der Waals surface area contributed by atoms with Crippen molar-refractivity contribution in [3.63, 3.8) is 0 Å². The summed E-state index contributed by atoms with van der Waals surface area (Å²) in [4.78, 5) is 20.8. The first-order valence-electron chi connectivity index (χ1n) is 8.95. The highest BCUT2D eigenvalue weighted by Crippen LogP contribution is 2.31. The second-order valence-electron chi connectivity index (χ2n) is 6.46. The fourth-order valence-corrected chi connectivity index (χ4v) is 4.34. The predicted octanol–water partition coefficient (Wildman–Crippen LogP) is 5.15. The van der Waals surface area contributed by atoms with E-state index < -0.39 is 9.85 Å². The molecule has 146 valence electrons. The molecule has 1 N–H and O–H groups in total. The number of nitrogens with zero attached hydrogens (tertiary/aromatic N) is 3. The Hall–Kier alpha value is -2.94. The molecule has 0 aromatic heterocycles. The van der Waals surface area contributed by atoms with E-state index in [0.29, 0.717) is 0 Å². The maximum absolute atomic E-state index is 11.3. The van der Waals surface area contributed by atoms with Crippen LogP contribution < -0.4 is 5.43 Å². The fraction of sp³-hybridized carbons (Fsp3) is 0.316. The summed E-state index contributed by atoms with van der Waals surface area (Å²) in [6.45, 7) is 0. The molecule has 9 heteroatoms. The van der Waals surface area contributed by atoms with Gasteiger partial charge in [0.1, 0.15) is 5.69 Å². The minimum Gasteiger partial charge on any atom is -0.272 e. The lowest BCUT2D eigenvalue weighted by Gasteiger charge is -2.23. The number of non-ortho nitro benzene ring substituents is 1. The second-order valence-corrected chi connectivity index (χ2v) is 7.65. The molecule has 0 amide bonds. The van der Waals surface area contributed by atoms with Gasteiger partial charge in [0.15, 0.2) is 0 Å². The van der Waals surface area contributed by atoms with E-state index in [1.165, 1.54) is 17.7 Å². The highest BCUT2D eigenvalue weighted by atomic mass is 32.2. The standard InChI is InChI=1S/C19H20N4O4S/c24-22(25)15-10-11-16(18(12-15)23(26)27)20-21-17-8-4-5-9-19(17)28-13-14-6-2-1-3-7-14/h1-3,6-7,10-12,19-20H,4-5,8-9,13H2/b21-17+. The van der Waals surface area contributed by atoms with Crippen LogP contribution in [0.4, 0.5) is 17.1 Å². The maximum atomic E-state index is 11.3. The van der Waals surface area contributed by atoms with Gasteiger partial charge in [-0.2, -0.15) is 5.10 Å². The molecule has 2 aromatic carbocycles. The quantitative estimate of drug-likeness (QED) is 0.508. The SMILES string of the molecule is O=[N+]([O-])c1ccc(N/N=C2\CCCCC2SCc2ccccc2)c([N+](=O)[O-])c1. The molecule has 1 aliphatic carbocycles. The average molecular weight is 400 g/mol. The van der Waals surface area contributed by atoms with Crippen molar-refractivity contribution in [2.75, 3.05) is 5.43 Å². The molecule has 2 aromatic rings. The summed E-state index contributed by atoms with van der Waals surface area (Å²) in [5.41, 5.74) is 4.46. The van der Waals surface area contributed by atoms with Gasteiger partial charge in [-0.05, 0) is 30.9 Å². The van der Waals surface area contributed by atoms with Crippen LogP contribution in [-0.2, 0) is 5.75 Å². The Bertz CT molecular complexity index is 889. The number of nitrogens with one attached hydrogen (secondary N) is 1. The molecule has 28 heavy (non-hydrogen) atoms. The highest BCUT2D eigenvalue weighted by molar-refractivity contribution is 7.99. The van der Waals surface area contributed by atoms with Crippen molar-refractivity contribution >= 4 is 34.5 Å². The zero-order chi connectivity index (χ0) is 19.9. The fourth-order valence-electron chi connectivity index (χ4n) is 3.05.